The fourth-order valence-electron chi connectivity index (χ4n) is 1.42. The molecule has 0 N–H and O–H groups in total. The van der Waals surface area contributed by atoms with Crippen LogP contribution >= 0.6 is 27.5 Å². The van der Waals surface area contributed by atoms with Gasteiger partial charge in [0.25, 0.3) is 0 Å². The molecule has 0 bridgehead atoms. The first-order chi connectivity index (χ1) is 9.13. The van der Waals surface area contributed by atoms with Crippen molar-refractivity contribution in [2.45, 2.75) is 6.42 Å². The molecule has 1 aromatic rings. The van der Waals surface area contributed by atoms with Gasteiger partial charge in [0.15, 0.2) is 16.7 Å². The molecule has 0 aromatic carbocycles. The summed E-state index contributed by atoms with van der Waals surface area (Å²) in [6.07, 6.45) is 1.14. The van der Waals surface area contributed by atoms with E-state index in [0.29, 0.717) is 36.5 Å². The molecule has 19 heavy (non-hydrogen) atoms. The lowest BCUT2D eigenvalue weighted by Gasteiger charge is -2.23. The van der Waals surface area contributed by atoms with Crippen molar-refractivity contribution in [1.82, 2.24) is 9.97 Å². The molecule has 0 atom stereocenters. The molecule has 0 saturated heterocycles. The van der Waals surface area contributed by atoms with Crippen molar-refractivity contribution in [2.24, 2.45) is 0 Å². The van der Waals surface area contributed by atoms with Gasteiger partial charge in [0.2, 0.25) is 0 Å². The summed E-state index contributed by atoms with van der Waals surface area (Å²) in [4.78, 5) is 20.4. The normalized spacial score (nSPS) is 10.0. The number of aromatic nitrogens is 2. The molecule has 1 aromatic heterocycles. The first kappa shape index (κ1) is 15.8. The van der Waals surface area contributed by atoms with Gasteiger partial charge < -0.3 is 14.4 Å². The number of anilines is 1. The number of ether oxygens (including phenoxy) is 1. The smallest absolute Gasteiger partial charge is 0.184 e. The van der Waals surface area contributed by atoms with Crippen LogP contribution in [0.3, 0.4) is 0 Å². The van der Waals surface area contributed by atoms with Crippen molar-refractivity contribution in [3.05, 3.63) is 15.5 Å². The van der Waals surface area contributed by atoms with E-state index in [1.54, 1.807) is 12.0 Å². The molecule has 102 valence electrons. The molecule has 0 aliphatic rings. The zero-order chi connectivity index (χ0) is 14.3. The lowest BCUT2D eigenvalue weighted by molar-refractivity contribution is -0.107. The highest BCUT2D eigenvalue weighted by Gasteiger charge is 2.17. The Bertz CT molecular complexity index is 492. The van der Waals surface area contributed by atoms with Crippen molar-refractivity contribution in [2.75, 3.05) is 31.7 Å². The van der Waals surface area contributed by atoms with Crippen LogP contribution in [0, 0.1) is 11.3 Å². The van der Waals surface area contributed by atoms with Crippen LogP contribution in [0.4, 0.5) is 5.82 Å². The van der Waals surface area contributed by atoms with E-state index in [0.717, 1.165) is 6.29 Å². The quantitative estimate of drug-likeness (QED) is 0.700. The minimum absolute atomic E-state index is 0.121. The van der Waals surface area contributed by atoms with Gasteiger partial charge in [0, 0.05) is 26.6 Å². The van der Waals surface area contributed by atoms with Gasteiger partial charge in [0.05, 0.1) is 6.61 Å². The molecule has 0 unspecified atom stereocenters. The SMILES string of the molecule is COCCN(CCC=O)c1nc(Br)c(Cl)nc1C#N. The van der Waals surface area contributed by atoms with Crippen molar-refractivity contribution < 1.29 is 9.53 Å². The van der Waals surface area contributed by atoms with Gasteiger partial charge in [-0.3, -0.25) is 0 Å². The summed E-state index contributed by atoms with van der Waals surface area (Å²) in [5, 5.41) is 9.21. The summed E-state index contributed by atoms with van der Waals surface area (Å²) in [7, 11) is 1.58. The fourth-order valence-corrected chi connectivity index (χ4v) is 1.80. The zero-order valence-electron chi connectivity index (χ0n) is 10.3. The Hall–Kier alpha value is -1.23. The molecule has 1 heterocycles. The average Bonchev–Trinajstić information content (AvgIpc) is 2.42. The standard InChI is InChI=1S/C11H12BrClN4O2/c1-19-6-4-17(3-2-5-18)11-8(7-14)15-10(13)9(12)16-11/h5H,2-4,6H2,1H3. The maximum atomic E-state index is 10.5. The molecule has 0 spiro atoms. The Balaban J connectivity index is 3.09. The highest BCUT2D eigenvalue weighted by molar-refractivity contribution is 9.10. The van der Waals surface area contributed by atoms with Crippen LogP contribution in [0.25, 0.3) is 0 Å². The van der Waals surface area contributed by atoms with E-state index < -0.39 is 0 Å². The first-order valence-electron chi connectivity index (χ1n) is 5.44. The van der Waals surface area contributed by atoms with Crippen molar-refractivity contribution in [3.8, 4) is 6.07 Å². The third-order valence-corrected chi connectivity index (χ3v) is 3.33. The van der Waals surface area contributed by atoms with Crippen LogP contribution in [0.1, 0.15) is 12.1 Å². The van der Waals surface area contributed by atoms with Crippen LogP contribution in [-0.4, -0.2) is 43.1 Å². The molecule has 8 heteroatoms. The summed E-state index contributed by atoms with van der Waals surface area (Å²) in [6, 6.07) is 1.95. The lowest BCUT2D eigenvalue weighted by atomic mass is 10.3. The fraction of sp³-hybridized carbons (Fsp3) is 0.455. The maximum Gasteiger partial charge on any atom is 0.184 e. The molecule has 0 aliphatic heterocycles. The van der Waals surface area contributed by atoms with Gasteiger partial charge in [-0.05, 0) is 15.9 Å². The highest BCUT2D eigenvalue weighted by Crippen LogP contribution is 2.24. The van der Waals surface area contributed by atoms with E-state index in [2.05, 4.69) is 25.9 Å². The molecule has 1 rings (SSSR count). The van der Waals surface area contributed by atoms with E-state index in [1.165, 1.54) is 0 Å². The number of nitrogens with zero attached hydrogens (tertiary/aromatic N) is 4. The number of aldehydes is 1. The van der Waals surface area contributed by atoms with E-state index >= 15 is 0 Å². The Labute approximate surface area is 124 Å². The molecule has 0 saturated carbocycles. The molecule has 0 fully saturated rings. The maximum absolute atomic E-state index is 10.5. The highest BCUT2D eigenvalue weighted by atomic mass is 79.9. The van der Waals surface area contributed by atoms with Gasteiger partial charge in [-0.15, -0.1) is 0 Å². The minimum Gasteiger partial charge on any atom is -0.383 e. The number of rotatable bonds is 7. The Kier molecular flexibility index (Phi) is 6.70. The van der Waals surface area contributed by atoms with Crippen LogP contribution < -0.4 is 4.90 Å². The average molecular weight is 348 g/mol. The second-order valence-electron chi connectivity index (χ2n) is 3.52. The molecular weight excluding hydrogens is 336 g/mol. The number of halogens is 2. The summed E-state index contributed by atoms with van der Waals surface area (Å²) >= 11 is 8.98. The third-order valence-electron chi connectivity index (χ3n) is 2.28. The van der Waals surface area contributed by atoms with E-state index in [-0.39, 0.29) is 10.8 Å². The van der Waals surface area contributed by atoms with E-state index in [4.69, 9.17) is 21.6 Å². The molecule has 0 amide bonds. The van der Waals surface area contributed by atoms with Gasteiger partial charge in [-0.1, -0.05) is 11.6 Å². The minimum atomic E-state index is 0.121. The summed E-state index contributed by atoms with van der Waals surface area (Å²) in [5.41, 5.74) is 0.121. The van der Waals surface area contributed by atoms with Gasteiger partial charge in [0.1, 0.15) is 17.0 Å². The van der Waals surface area contributed by atoms with Crippen LogP contribution in [0.5, 0.6) is 0 Å². The van der Waals surface area contributed by atoms with Crippen molar-refractivity contribution in [1.29, 1.82) is 5.26 Å². The predicted molar refractivity (Wildman–Crippen MR) is 74.2 cm³/mol. The Morgan fingerprint density at radius 1 is 1.53 bits per heavy atom. The second kappa shape index (κ2) is 8.04. The number of nitriles is 1. The number of hydrogen-bond acceptors (Lipinski definition) is 6. The number of hydrogen-bond donors (Lipinski definition) is 0. The van der Waals surface area contributed by atoms with E-state index in [1.807, 2.05) is 6.07 Å². The predicted octanol–water partition coefficient (Wildman–Crippen LogP) is 1.81. The Morgan fingerprint density at radius 3 is 2.84 bits per heavy atom. The monoisotopic (exact) mass is 346 g/mol. The molecular formula is C11H12BrClN4O2. The second-order valence-corrected chi connectivity index (χ2v) is 4.63. The van der Waals surface area contributed by atoms with Gasteiger partial charge in [-0.2, -0.15) is 5.26 Å². The molecule has 0 aliphatic carbocycles. The number of carbonyl (C=O) groups is 1. The Morgan fingerprint density at radius 2 is 2.26 bits per heavy atom. The first-order valence-corrected chi connectivity index (χ1v) is 6.61. The van der Waals surface area contributed by atoms with Gasteiger partial charge in [-0.25, -0.2) is 9.97 Å². The molecule has 6 nitrogen and oxygen atoms in total. The lowest BCUT2D eigenvalue weighted by Crippen LogP contribution is -2.30. The number of carbonyl (C=O) groups excluding carboxylic acids is 1. The topological polar surface area (TPSA) is 79.1 Å². The van der Waals surface area contributed by atoms with Gasteiger partial charge >= 0.3 is 0 Å². The summed E-state index contributed by atoms with van der Waals surface area (Å²) < 4.78 is 5.36. The largest absolute Gasteiger partial charge is 0.383 e. The number of methoxy groups -OCH3 is 1. The van der Waals surface area contributed by atoms with Crippen LogP contribution in [0.2, 0.25) is 5.15 Å². The van der Waals surface area contributed by atoms with Crippen LogP contribution in [-0.2, 0) is 9.53 Å². The van der Waals surface area contributed by atoms with Crippen LogP contribution in [0.15, 0.2) is 4.60 Å². The summed E-state index contributed by atoms with van der Waals surface area (Å²) in [5.74, 6) is 0.387. The molecule has 0 radical (unpaired) electrons. The van der Waals surface area contributed by atoms with Crippen molar-refractivity contribution in [3.63, 3.8) is 0 Å². The zero-order valence-corrected chi connectivity index (χ0v) is 12.6. The van der Waals surface area contributed by atoms with E-state index in [9.17, 15) is 4.79 Å². The summed E-state index contributed by atoms with van der Waals surface area (Å²) in [6.45, 7) is 1.39. The third kappa shape index (κ3) is 4.42. The van der Waals surface area contributed by atoms with Crippen molar-refractivity contribution >= 4 is 39.6 Å².